The summed E-state index contributed by atoms with van der Waals surface area (Å²) in [5, 5.41) is 2.87. The molecule has 0 aliphatic heterocycles. The van der Waals surface area contributed by atoms with Crippen LogP contribution in [0.3, 0.4) is 0 Å². The number of hydrogen-bond donors (Lipinski definition) is 1. The summed E-state index contributed by atoms with van der Waals surface area (Å²) in [6.07, 6.45) is 0. The molecule has 24 heavy (non-hydrogen) atoms. The quantitative estimate of drug-likeness (QED) is 0.740. The van der Waals surface area contributed by atoms with Crippen LogP contribution in [0.5, 0.6) is 0 Å². The van der Waals surface area contributed by atoms with Crippen LogP contribution in [-0.4, -0.2) is 5.91 Å². The Labute approximate surface area is 141 Å². The van der Waals surface area contributed by atoms with Gasteiger partial charge in [-0.2, -0.15) is 0 Å². The van der Waals surface area contributed by atoms with Crippen molar-refractivity contribution < 1.29 is 9.18 Å². The minimum atomic E-state index is -0.258. The number of amides is 1. The Balaban J connectivity index is 1.79. The maximum absolute atomic E-state index is 13.6. The van der Waals surface area contributed by atoms with Crippen molar-refractivity contribution in [3.63, 3.8) is 0 Å². The van der Waals surface area contributed by atoms with Gasteiger partial charge in [-0.3, -0.25) is 4.79 Å². The Morgan fingerprint density at radius 3 is 2.42 bits per heavy atom. The Bertz CT molecular complexity index is 859. The van der Waals surface area contributed by atoms with Gasteiger partial charge in [0.2, 0.25) is 0 Å². The van der Waals surface area contributed by atoms with Crippen LogP contribution < -0.4 is 5.32 Å². The van der Waals surface area contributed by atoms with Gasteiger partial charge in [-0.05, 0) is 41.3 Å². The first kappa shape index (κ1) is 15.9. The van der Waals surface area contributed by atoms with Crippen molar-refractivity contribution in [2.75, 3.05) is 0 Å². The van der Waals surface area contributed by atoms with Crippen LogP contribution >= 0.6 is 0 Å². The molecule has 0 saturated carbocycles. The lowest BCUT2D eigenvalue weighted by atomic mass is 9.99. The molecule has 0 atom stereocenters. The zero-order valence-corrected chi connectivity index (χ0v) is 13.4. The van der Waals surface area contributed by atoms with Gasteiger partial charge in [0.05, 0.1) is 0 Å². The second-order valence-corrected chi connectivity index (χ2v) is 5.68. The molecule has 120 valence electrons. The van der Waals surface area contributed by atoms with Gasteiger partial charge < -0.3 is 5.32 Å². The molecule has 0 fully saturated rings. The van der Waals surface area contributed by atoms with E-state index in [1.54, 1.807) is 19.1 Å². The zero-order chi connectivity index (χ0) is 16.9. The predicted octanol–water partition coefficient (Wildman–Crippen LogP) is 4.73. The predicted molar refractivity (Wildman–Crippen MR) is 94.2 cm³/mol. The third-order valence-corrected chi connectivity index (χ3v) is 3.95. The van der Waals surface area contributed by atoms with Crippen molar-refractivity contribution in [3.8, 4) is 11.1 Å². The summed E-state index contributed by atoms with van der Waals surface area (Å²) < 4.78 is 13.6. The molecule has 0 unspecified atom stereocenters. The fourth-order valence-electron chi connectivity index (χ4n) is 2.57. The Hall–Kier alpha value is -2.94. The van der Waals surface area contributed by atoms with Crippen LogP contribution in [0.4, 0.5) is 4.39 Å². The zero-order valence-electron chi connectivity index (χ0n) is 13.4. The van der Waals surface area contributed by atoms with E-state index in [-0.39, 0.29) is 11.7 Å². The number of carbonyl (C=O) groups is 1. The van der Waals surface area contributed by atoms with Crippen LogP contribution in [0.15, 0.2) is 72.8 Å². The van der Waals surface area contributed by atoms with Crippen LogP contribution in [0.25, 0.3) is 11.1 Å². The Morgan fingerprint density at radius 1 is 0.958 bits per heavy atom. The lowest BCUT2D eigenvalue weighted by Crippen LogP contribution is -2.23. The van der Waals surface area contributed by atoms with Crippen LogP contribution in [0.1, 0.15) is 21.5 Å². The highest BCUT2D eigenvalue weighted by Gasteiger charge is 2.12. The second kappa shape index (κ2) is 7.09. The first-order chi connectivity index (χ1) is 11.6. The molecule has 3 aromatic rings. The highest BCUT2D eigenvalue weighted by Crippen LogP contribution is 2.23. The van der Waals surface area contributed by atoms with Crippen LogP contribution in [-0.2, 0) is 6.54 Å². The topological polar surface area (TPSA) is 29.1 Å². The average Bonchev–Trinajstić information content (AvgIpc) is 2.63. The number of rotatable bonds is 4. The van der Waals surface area contributed by atoms with Gasteiger partial charge in [0.25, 0.3) is 5.91 Å². The summed E-state index contributed by atoms with van der Waals surface area (Å²) >= 11 is 0. The van der Waals surface area contributed by atoms with E-state index < -0.39 is 0 Å². The number of benzene rings is 3. The minimum Gasteiger partial charge on any atom is -0.348 e. The Kier molecular flexibility index (Phi) is 4.71. The molecular formula is C21H18FNO. The highest BCUT2D eigenvalue weighted by molar-refractivity contribution is 6.00. The summed E-state index contributed by atoms with van der Waals surface area (Å²) in [6, 6.07) is 22.2. The summed E-state index contributed by atoms with van der Waals surface area (Å²) in [5.41, 5.74) is 3.81. The van der Waals surface area contributed by atoms with Gasteiger partial charge in [0.15, 0.2) is 0 Å². The van der Waals surface area contributed by atoms with Crippen LogP contribution in [0.2, 0.25) is 0 Å². The average molecular weight is 319 g/mol. The molecule has 2 nitrogen and oxygen atoms in total. The van der Waals surface area contributed by atoms with Gasteiger partial charge in [0.1, 0.15) is 5.82 Å². The number of carbonyl (C=O) groups excluding carboxylic acids is 1. The van der Waals surface area contributed by atoms with Gasteiger partial charge in [-0.1, -0.05) is 60.7 Å². The van der Waals surface area contributed by atoms with Gasteiger partial charge in [-0.15, -0.1) is 0 Å². The van der Waals surface area contributed by atoms with Crippen molar-refractivity contribution in [3.05, 3.63) is 95.3 Å². The fraction of sp³-hybridized carbons (Fsp3) is 0.0952. The normalized spacial score (nSPS) is 10.4. The molecule has 0 spiro atoms. The molecule has 0 aromatic heterocycles. The smallest absolute Gasteiger partial charge is 0.252 e. The molecule has 3 heteroatoms. The van der Waals surface area contributed by atoms with Crippen molar-refractivity contribution >= 4 is 5.91 Å². The number of hydrogen-bond acceptors (Lipinski definition) is 1. The summed E-state index contributed by atoms with van der Waals surface area (Å²) in [7, 11) is 0. The summed E-state index contributed by atoms with van der Waals surface area (Å²) in [5.74, 6) is -0.429. The van der Waals surface area contributed by atoms with E-state index in [0.717, 1.165) is 16.7 Å². The maximum atomic E-state index is 13.6. The largest absolute Gasteiger partial charge is 0.348 e. The lowest BCUT2D eigenvalue weighted by molar-refractivity contribution is 0.0951. The minimum absolute atomic E-state index is 0.171. The van der Waals surface area contributed by atoms with E-state index in [2.05, 4.69) is 5.32 Å². The standard InChI is InChI=1S/C21H18FNO/c1-15-11-12-16(13-20(15)22)14-23-21(24)19-10-6-5-9-18(19)17-7-3-2-4-8-17/h2-13H,14H2,1H3,(H,23,24). The lowest BCUT2D eigenvalue weighted by Gasteiger charge is -2.11. The molecule has 0 bridgehead atoms. The van der Waals surface area contributed by atoms with E-state index in [9.17, 15) is 9.18 Å². The van der Waals surface area contributed by atoms with Crippen molar-refractivity contribution in [2.45, 2.75) is 13.5 Å². The summed E-state index contributed by atoms with van der Waals surface area (Å²) in [4.78, 5) is 12.6. The van der Waals surface area contributed by atoms with E-state index in [4.69, 9.17) is 0 Å². The molecular weight excluding hydrogens is 301 g/mol. The molecule has 0 aliphatic carbocycles. The van der Waals surface area contributed by atoms with Gasteiger partial charge in [-0.25, -0.2) is 4.39 Å². The molecule has 0 saturated heterocycles. The highest BCUT2D eigenvalue weighted by atomic mass is 19.1. The van der Waals surface area contributed by atoms with Crippen molar-refractivity contribution in [1.29, 1.82) is 0 Å². The first-order valence-electron chi connectivity index (χ1n) is 7.83. The molecule has 0 radical (unpaired) electrons. The van der Waals surface area contributed by atoms with Crippen molar-refractivity contribution in [1.82, 2.24) is 5.32 Å². The molecule has 0 aliphatic rings. The van der Waals surface area contributed by atoms with Crippen LogP contribution in [0, 0.1) is 12.7 Å². The molecule has 1 amide bonds. The third-order valence-electron chi connectivity index (χ3n) is 3.95. The van der Waals surface area contributed by atoms with E-state index in [0.29, 0.717) is 17.7 Å². The number of aryl methyl sites for hydroxylation is 1. The SMILES string of the molecule is Cc1ccc(CNC(=O)c2ccccc2-c2ccccc2)cc1F. The monoisotopic (exact) mass is 319 g/mol. The Morgan fingerprint density at radius 2 is 1.67 bits per heavy atom. The molecule has 3 rings (SSSR count). The van der Waals surface area contributed by atoms with Crippen molar-refractivity contribution in [2.24, 2.45) is 0 Å². The maximum Gasteiger partial charge on any atom is 0.252 e. The molecule has 3 aromatic carbocycles. The second-order valence-electron chi connectivity index (χ2n) is 5.68. The summed E-state index contributed by atoms with van der Waals surface area (Å²) in [6.45, 7) is 2.01. The fourth-order valence-corrected chi connectivity index (χ4v) is 2.57. The van der Waals surface area contributed by atoms with Gasteiger partial charge >= 0.3 is 0 Å². The number of nitrogens with one attached hydrogen (secondary N) is 1. The number of halogens is 1. The van der Waals surface area contributed by atoms with E-state index in [1.165, 1.54) is 6.07 Å². The van der Waals surface area contributed by atoms with E-state index in [1.807, 2.05) is 54.6 Å². The van der Waals surface area contributed by atoms with E-state index >= 15 is 0 Å². The van der Waals surface area contributed by atoms with Gasteiger partial charge in [0, 0.05) is 12.1 Å². The molecule has 0 heterocycles. The first-order valence-corrected chi connectivity index (χ1v) is 7.83. The molecule has 1 N–H and O–H groups in total. The third kappa shape index (κ3) is 3.51.